The minimum absolute atomic E-state index is 0.368. The molecule has 0 aromatic heterocycles. The summed E-state index contributed by atoms with van der Waals surface area (Å²) in [6, 6.07) is 11.3. The Balaban J connectivity index is 2.81. The Kier molecular flexibility index (Phi) is 4.41. The van der Waals surface area contributed by atoms with Gasteiger partial charge in [-0.3, -0.25) is 0 Å². The van der Waals surface area contributed by atoms with Crippen LogP contribution in [0, 0.1) is 22.7 Å². The summed E-state index contributed by atoms with van der Waals surface area (Å²) in [5, 5.41) is 17.9. The zero-order valence-electron chi connectivity index (χ0n) is 8.07. The van der Waals surface area contributed by atoms with Gasteiger partial charge in [0.2, 0.25) is 0 Å². The van der Waals surface area contributed by atoms with Crippen LogP contribution in [0.1, 0.15) is 18.4 Å². The van der Waals surface area contributed by atoms with Crippen LogP contribution in [0.5, 0.6) is 0 Å². The van der Waals surface area contributed by atoms with E-state index in [-0.39, 0.29) is 0 Å². The average molecular weight is 217 g/mol. The maximum atomic E-state index is 8.81. The predicted molar refractivity (Wildman–Crippen MR) is 59.9 cm³/mol. The molecule has 1 aromatic rings. The standard InChI is InChI=1S/C12H9ClN2/c13-12-5-3-10(4-6-12)8-11(9-15)2-1-7-14/h3-6,8H,1-2H2/b11-8+. The lowest BCUT2D eigenvalue weighted by atomic mass is 10.1. The smallest absolute Gasteiger partial charge is 0.0947 e. The maximum absolute atomic E-state index is 8.81. The molecule has 0 fully saturated rings. The van der Waals surface area contributed by atoms with Gasteiger partial charge in [0, 0.05) is 17.0 Å². The highest BCUT2D eigenvalue weighted by molar-refractivity contribution is 6.30. The van der Waals surface area contributed by atoms with E-state index in [0.29, 0.717) is 23.4 Å². The molecule has 74 valence electrons. The van der Waals surface area contributed by atoms with Crippen LogP contribution in [0.4, 0.5) is 0 Å². The summed E-state index contributed by atoms with van der Waals surface area (Å²) in [6.07, 6.45) is 2.64. The van der Waals surface area contributed by atoms with Crippen molar-refractivity contribution in [1.29, 1.82) is 10.5 Å². The summed E-state index contributed by atoms with van der Waals surface area (Å²) < 4.78 is 0. The summed E-state index contributed by atoms with van der Waals surface area (Å²) in [4.78, 5) is 0. The lowest BCUT2D eigenvalue weighted by molar-refractivity contribution is 1.03. The van der Waals surface area contributed by atoms with Crippen LogP contribution in [-0.4, -0.2) is 0 Å². The zero-order valence-corrected chi connectivity index (χ0v) is 8.83. The lowest BCUT2D eigenvalue weighted by Crippen LogP contribution is -1.80. The molecule has 3 heteroatoms. The Morgan fingerprint density at radius 3 is 2.47 bits per heavy atom. The van der Waals surface area contributed by atoms with E-state index in [1.165, 1.54) is 0 Å². The average Bonchev–Trinajstić information content (AvgIpc) is 2.27. The molecule has 0 aliphatic carbocycles. The second-order valence-electron chi connectivity index (χ2n) is 2.99. The van der Waals surface area contributed by atoms with Gasteiger partial charge in [0.15, 0.2) is 0 Å². The molecule has 0 saturated carbocycles. The van der Waals surface area contributed by atoms with E-state index in [2.05, 4.69) is 6.07 Å². The highest BCUT2D eigenvalue weighted by atomic mass is 35.5. The van der Waals surface area contributed by atoms with Crippen LogP contribution in [0.3, 0.4) is 0 Å². The van der Waals surface area contributed by atoms with Crippen molar-refractivity contribution in [2.45, 2.75) is 12.8 Å². The van der Waals surface area contributed by atoms with Crippen LogP contribution in [-0.2, 0) is 0 Å². The number of hydrogen-bond donors (Lipinski definition) is 0. The van der Waals surface area contributed by atoms with Crippen molar-refractivity contribution in [2.24, 2.45) is 0 Å². The summed E-state index contributed by atoms with van der Waals surface area (Å²) in [7, 11) is 0. The molecule has 0 bridgehead atoms. The number of nitriles is 2. The maximum Gasteiger partial charge on any atom is 0.0947 e. The van der Waals surface area contributed by atoms with Crippen molar-refractivity contribution >= 4 is 17.7 Å². The van der Waals surface area contributed by atoms with Crippen molar-refractivity contribution in [2.75, 3.05) is 0 Å². The molecule has 0 spiro atoms. The van der Waals surface area contributed by atoms with E-state index in [1.54, 1.807) is 18.2 Å². The minimum Gasteiger partial charge on any atom is -0.198 e. The molecular formula is C12H9ClN2. The zero-order chi connectivity index (χ0) is 11.1. The van der Waals surface area contributed by atoms with E-state index in [9.17, 15) is 0 Å². The third-order valence-electron chi connectivity index (χ3n) is 1.86. The number of halogens is 1. The van der Waals surface area contributed by atoms with E-state index >= 15 is 0 Å². The van der Waals surface area contributed by atoms with E-state index in [4.69, 9.17) is 22.1 Å². The summed E-state index contributed by atoms with van der Waals surface area (Å²) in [5.74, 6) is 0. The number of hydrogen-bond acceptors (Lipinski definition) is 2. The Bertz CT molecular complexity index is 432. The SMILES string of the molecule is N#CCC/C(C#N)=C\c1ccc(Cl)cc1. The Morgan fingerprint density at radius 2 is 1.93 bits per heavy atom. The first-order valence-corrected chi connectivity index (χ1v) is 4.87. The number of allylic oxidation sites excluding steroid dienone is 1. The van der Waals surface area contributed by atoms with Gasteiger partial charge >= 0.3 is 0 Å². The van der Waals surface area contributed by atoms with Gasteiger partial charge in [0.05, 0.1) is 12.1 Å². The van der Waals surface area contributed by atoms with Gasteiger partial charge in [-0.05, 0) is 30.2 Å². The normalized spacial score (nSPS) is 10.5. The van der Waals surface area contributed by atoms with Gasteiger partial charge in [0.25, 0.3) is 0 Å². The molecule has 0 saturated heterocycles. The van der Waals surface area contributed by atoms with E-state index < -0.39 is 0 Å². The fourth-order valence-electron chi connectivity index (χ4n) is 1.11. The van der Waals surface area contributed by atoms with Gasteiger partial charge in [-0.2, -0.15) is 10.5 Å². The molecule has 0 unspecified atom stereocenters. The quantitative estimate of drug-likeness (QED) is 0.726. The van der Waals surface area contributed by atoms with Crippen molar-refractivity contribution in [3.05, 3.63) is 40.4 Å². The van der Waals surface area contributed by atoms with Gasteiger partial charge in [-0.25, -0.2) is 0 Å². The molecule has 1 aromatic carbocycles. The highest BCUT2D eigenvalue weighted by Gasteiger charge is 1.96. The number of nitrogens with zero attached hydrogens (tertiary/aromatic N) is 2. The van der Waals surface area contributed by atoms with Crippen molar-refractivity contribution < 1.29 is 0 Å². The van der Waals surface area contributed by atoms with Crippen molar-refractivity contribution in [3.8, 4) is 12.1 Å². The molecule has 0 aliphatic rings. The number of benzene rings is 1. The summed E-state index contributed by atoms with van der Waals surface area (Å²) in [6.45, 7) is 0. The molecule has 0 heterocycles. The third-order valence-corrected chi connectivity index (χ3v) is 2.11. The first kappa shape index (κ1) is 11.3. The third kappa shape index (κ3) is 3.85. The van der Waals surface area contributed by atoms with Crippen LogP contribution >= 0.6 is 11.6 Å². The molecule has 2 nitrogen and oxygen atoms in total. The fraction of sp³-hybridized carbons (Fsp3) is 0.167. The van der Waals surface area contributed by atoms with Gasteiger partial charge in [0.1, 0.15) is 0 Å². The Morgan fingerprint density at radius 1 is 1.27 bits per heavy atom. The summed E-state index contributed by atoms with van der Waals surface area (Å²) in [5.41, 5.74) is 1.53. The van der Waals surface area contributed by atoms with Crippen LogP contribution in [0.25, 0.3) is 6.08 Å². The molecule has 0 aliphatic heterocycles. The molecule has 0 N–H and O–H groups in total. The Labute approximate surface area is 94.0 Å². The highest BCUT2D eigenvalue weighted by Crippen LogP contribution is 2.14. The number of rotatable bonds is 3. The Hall–Kier alpha value is -1.77. The molecule has 1 rings (SSSR count). The molecule has 15 heavy (non-hydrogen) atoms. The second-order valence-corrected chi connectivity index (χ2v) is 3.43. The van der Waals surface area contributed by atoms with Crippen molar-refractivity contribution in [1.82, 2.24) is 0 Å². The molecular weight excluding hydrogens is 208 g/mol. The topological polar surface area (TPSA) is 47.6 Å². The minimum atomic E-state index is 0.368. The molecule has 0 amide bonds. The van der Waals surface area contributed by atoms with Gasteiger partial charge in [-0.1, -0.05) is 23.7 Å². The van der Waals surface area contributed by atoms with Crippen LogP contribution < -0.4 is 0 Å². The van der Waals surface area contributed by atoms with Crippen LogP contribution in [0.15, 0.2) is 29.8 Å². The van der Waals surface area contributed by atoms with E-state index in [0.717, 1.165) is 5.56 Å². The van der Waals surface area contributed by atoms with Gasteiger partial charge in [-0.15, -0.1) is 0 Å². The molecule has 0 atom stereocenters. The lowest BCUT2D eigenvalue weighted by Gasteiger charge is -1.96. The second kappa shape index (κ2) is 5.86. The largest absolute Gasteiger partial charge is 0.198 e. The van der Waals surface area contributed by atoms with Crippen LogP contribution in [0.2, 0.25) is 5.02 Å². The fourth-order valence-corrected chi connectivity index (χ4v) is 1.24. The van der Waals surface area contributed by atoms with Crippen molar-refractivity contribution in [3.63, 3.8) is 0 Å². The monoisotopic (exact) mass is 216 g/mol. The first-order chi connectivity index (χ1) is 7.26. The van der Waals surface area contributed by atoms with E-state index in [1.807, 2.05) is 18.2 Å². The van der Waals surface area contributed by atoms with Gasteiger partial charge < -0.3 is 0 Å². The summed E-state index contributed by atoms with van der Waals surface area (Å²) >= 11 is 5.74. The first-order valence-electron chi connectivity index (χ1n) is 4.49. The predicted octanol–water partition coefficient (Wildman–Crippen LogP) is 3.55. The molecule has 0 radical (unpaired) electrons.